The fraction of sp³-hybridized carbons (Fsp3) is 0.929. The van der Waals surface area contributed by atoms with Crippen molar-refractivity contribution in [2.24, 2.45) is 5.41 Å². The van der Waals surface area contributed by atoms with Gasteiger partial charge in [-0.2, -0.15) is 0 Å². The minimum absolute atomic E-state index is 0.164. The number of nitrogens with zero attached hydrogens (tertiary/aromatic N) is 1. The van der Waals surface area contributed by atoms with Crippen LogP contribution in [0.4, 0.5) is 0 Å². The van der Waals surface area contributed by atoms with Crippen molar-refractivity contribution < 1.29 is 4.79 Å². The van der Waals surface area contributed by atoms with Crippen LogP contribution < -0.4 is 0 Å². The Kier molecular flexibility index (Phi) is 5.47. The first kappa shape index (κ1) is 13.7. The minimum Gasteiger partial charge on any atom is -0.303 e. The third-order valence-electron chi connectivity index (χ3n) is 3.44. The molecule has 2 heteroatoms. The molecule has 1 saturated heterocycles. The molecule has 0 radical (unpaired) electrons. The molecule has 0 N–H and O–H groups in total. The fourth-order valence-corrected chi connectivity index (χ4v) is 2.17. The Balaban J connectivity index is 2.27. The summed E-state index contributed by atoms with van der Waals surface area (Å²) >= 11 is 0. The van der Waals surface area contributed by atoms with Crippen molar-refractivity contribution in [3.8, 4) is 0 Å². The molecule has 1 heterocycles. The lowest BCUT2D eigenvalue weighted by molar-refractivity contribution is -0.126. The van der Waals surface area contributed by atoms with Gasteiger partial charge in [0.2, 0.25) is 0 Å². The monoisotopic (exact) mass is 225 g/mol. The van der Waals surface area contributed by atoms with E-state index in [1.54, 1.807) is 0 Å². The van der Waals surface area contributed by atoms with Crippen molar-refractivity contribution in [3.63, 3.8) is 0 Å². The Hall–Kier alpha value is -0.370. The van der Waals surface area contributed by atoms with Crippen molar-refractivity contribution in [1.29, 1.82) is 0 Å². The molecule has 0 bridgehead atoms. The van der Waals surface area contributed by atoms with E-state index in [1.165, 1.54) is 45.2 Å². The maximum Gasteiger partial charge on any atom is 0.139 e. The molecule has 1 rings (SSSR count). The maximum absolute atomic E-state index is 11.8. The number of ketones is 1. The quantitative estimate of drug-likeness (QED) is 0.735. The molecule has 16 heavy (non-hydrogen) atoms. The van der Waals surface area contributed by atoms with Gasteiger partial charge in [0.1, 0.15) is 5.78 Å². The number of likely N-dealkylation sites (tertiary alicyclic amines) is 1. The number of hydrogen-bond acceptors (Lipinski definition) is 2. The van der Waals surface area contributed by atoms with Gasteiger partial charge in [-0.25, -0.2) is 0 Å². The molecule has 0 aliphatic carbocycles. The SMILES string of the molecule is CC(C)(C)C(=O)CCN1CCCCCCC1. The molecule has 1 aliphatic rings. The maximum atomic E-state index is 11.8. The summed E-state index contributed by atoms with van der Waals surface area (Å²) < 4.78 is 0. The van der Waals surface area contributed by atoms with Crippen LogP contribution in [-0.2, 0) is 4.79 Å². The largest absolute Gasteiger partial charge is 0.303 e. The Morgan fingerprint density at radius 3 is 2.00 bits per heavy atom. The van der Waals surface area contributed by atoms with Crippen LogP contribution in [0.15, 0.2) is 0 Å². The highest BCUT2D eigenvalue weighted by molar-refractivity contribution is 5.83. The van der Waals surface area contributed by atoms with E-state index in [-0.39, 0.29) is 5.41 Å². The molecule has 0 spiro atoms. The van der Waals surface area contributed by atoms with Gasteiger partial charge < -0.3 is 4.90 Å². The van der Waals surface area contributed by atoms with E-state index < -0.39 is 0 Å². The molecular weight excluding hydrogens is 198 g/mol. The smallest absolute Gasteiger partial charge is 0.139 e. The lowest BCUT2D eigenvalue weighted by atomic mass is 9.89. The molecule has 1 aliphatic heterocycles. The highest BCUT2D eigenvalue weighted by Gasteiger charge is 2.21. The first-order valence-corrected chi connectivity index (χ1v) is 6.76. The van der Waals surface area contributed by atoms with Crippen LogP contribution in [0, 0.1) is 5.41 Å². The summed E-state index contributed by atoms with van der Waals surface area (Å²) in [4.78, 5) is 14.3. The second-order valence-corrected chi connectivity index (χ2v) is 6.03. The Bertz CT molecular complexity index is 209. The standard InChI is InChI=1S/C14H27NO/c1-14(2,3)13(16)9-12-15-10-7-5-4-6-8-11-15/h4-12H2,1-3H3. The molecule has 2 nitrogen and oxygen atoms in total. The van der Waals surface area contributed by atoms with Crippen molar-refractivity contribution >= 4 is 5.78 Å². The van der Waals surface area contributed by atoms with Gasteiger partial charge in [0.15, 0.2) is 0 Å². The summed E-state index contributed by atoms with van der Waals surface area (Å²) in [5.41, 5.74) is -0.164. The normalized spacial score (nSPS) is 20.2. The molecule has 0 saturated carbocycles. The van der Waals surface area contributed by atoms with Gasteiger partial charge in [0, 0.05) is 18.4 Å². The van der Waals surface area contributed by atoms with Gasteiger partial charge >= 0.3 is 0 Å². The topological polar surface area (TPSA) is 20.3 Å². The summed E-state index contributed by atoms with van der Waals surface area (Å²) in [6, 6.07) is 0. The molecular formula is C14H27NO. The molecule has 0 atom stereocenters. The molecule has 0 aromatic carbocycles. The van der Waals surface area contributed by atoms with E-state index >= 15 is 0 Å². The van der Waals surface area contributed by atoms with Gasteiger partial charge in [-0.1, -0.05) is 40.0 Å². The summed E-state index contributed by atoms with van der Waals surface area (Å²) in [6.07, 6.45) is 7.47. The molecule has 0 aromatic heterocycles. The van der Waals surface area contributed by atoms with Crippen LogP contribution >= 0.6 is 0 Å². The van der Waals surface area contributed by atoms with Gasteiger partial charge in [-0.3, -0.25) is 4.79 Å². The minimum atomic E-state index is -0.164. The first-order valence-electron chi connectivity index (χ1n) is 6.76. The highest BCUT2D eigenvalue weighted by Crippen LogP contribution is 2.17. The Morgan fingerprint density at radius 2 is 1.50 bits per heavy atom. The highest BCUT2D eigenvalue weighted by atomic mass is 16.1. The second-order valence-electron chi connectivity index (χ2n) is 6.03. The third-order valence-corrected chi connectivity index (χ3v) is 3.44. The summed E-state index contributed by atoms with van der Waals surface area (Å²) in [6.45, 7) is 9.40. The van der Waals surface area contributed by atoms with Gasteiger partial charge in [0.25, 0.3) is 0 Å². The predicted octanol–water partition coefficient (Wildman–Crippen LogP) is 3.26. The zero-order chi connectivity index (χ0) is 12.0. The average molecular weight is 225 g/mol. The van der Waals surface area contributed by atoms with E-state index in [4.69, 9.17) is 0 Å². The van der Waals surface area contributed by atoms with Crippen LogP contribution in [0.3, 0.4) is 0 Å². The number of carbonyl (C=O) groups excluding carboxylic acids is 1. The lowest BCUT2D eigenvalue weighted by Gasteiger charge is -2.25. The number of carbonyl (C=O) groups is 1. The van der Waals surface area contributed by atoms with E-state index in [0.717, 1.165) is 13.0 Å². The van der Waals surface area contributed by atoms with E-state index in [1.807, 2.05) is 20.8 Å². The molecule has 1 fully saturated rings. The first-order chi connectivity index (χ1) is 7.50. The van der Waals surface area contributed by atoms with Crippen LogP contribution in [0.5, 0.6) is 0 Å². The Labute approximate surface area is 100 Å². The van der Waals surface area contributed by atoms with Crippen molar-refractivity contribution in [2.75, 3.05) is 19.6 Å². The van der Waals surface area contributed by atoms with Crippen molar-refractivity contribution in [1.82, 2.24) is 4.90 Å². The summed E-state index contributed by atoms with van der Waals surface area (Å²) in [7, 11) is 0. The zero-order valence-corrected chi connectivity index (χ0v) is 11.2. The van der Waals surface area contributed by atoms with Crippen LogP contribution in [0.2, 0.25) is 0 Å². The van der Waals surface area contributed by atoms with Crippen LogP contribution in [0.25, 0.3) is 0 Å². The number of Topliss-reactive ketones (excluding diaryl/α,β-unsaturated/α-hetero) is 1. The molecule has 0 aromatic rings. The van der Waals surface area contributed by atoms with Gasteiger partial charge in [-0.05, 0) is 25.9 Å². The number of hydrogen-bond donors (Lipinski definition) is 0. The van der Waals surface area contributed by atoms with Crippen LogP contribution in [-0.4, -0.2) is 30.3 Å². The second kappa shape index (κ2) is 6.39. The number of rotatable bonds is 3. The van der Waals surface area contributed by atoms with Gasteiger partial charge in [0.05, 0.1) is 0 Å². The van der Waals surface area contributed by atoms with E-state index in [2.05, 4.69) is 4.90 Å². The summed E-state index contributed by atoms with van der Waals surface area (Å²) in [5, 5.41) is 0. The van der Waals surface area contributed by atoms with E-state index in [9.17, 15) is 4.79 Å². The molecule has 0 unspecified atom stereocenters. The van der Waals surface area contributed by atoms with Crippen molar-refractivity contribution in [2.45, 2.75) is 59.3 Å². The molecule has 94 valence electrons. The van der Waals surface area contributed by atoms with E-state index in [0.29, 0.717) is 5.78 Å². The van der Waals surface area contributed by atoms with Gasteiger partial charge in [-0.15, -0.1) is 0 Å². The van der Waals surface area contributed by atoms with Crippen molar-refractivity contribution in [3.05, 3.63) is 0 Å². The Morgan fingerprint density at radius 1 is 1.00 bits per heavy atom. The summed E-state index contributed by atoms with van der Waals surface area (Å²) in [5.74, 6) is 0.398. The fourth-order valence-electron chi connectivity index (χ4n) is 2.17. The average Bonchev–Trinajstić information content (AvgIpc) is 2.14. The predicted molar refractivity (Wildman–Crippen MR) is 68.6 cm³/mol. The van der Waals surface area contributed by atoms with Crippen LogP contribution in [0.1, 0.15) is 59.3 Å². The zero-order valence-electron chi connectivity index (χ0n) is 11.2. The lowest BCUT2D eigenvalue weighted by Crippen LogP contribution is -2.32. The third kappa shape index (κ3) is 5.11. The molecule has 0 amide bonds.